The molecule has 1 aliphatic carbocycles. The molecule has 0 amide bonds. The van der Waals surface area contributed by atoms with Crippen LogP contribution in [0.4, 0.5) is 5.82 Å². The molecular weight excluding hydrogens is 304 g/mol. The summed E-state index contributed by atoms with van der Waals surface area (Å²) in [5.41, 5.74) is 1.99. The molecule has 0 N–H and O–H groups in total. The molecule has 0 aliphatic heterocycles. The van der Waals surface area contributed by atoms with E-state index in [2.05, 4.69) is 25.2 Å². The van der Waals surface area contributed by atoms with Gasteiger partial charge >= 0.3 is 0 Å². The molecule has 0 aromatic carbocycles. The number of rotatable bonds is 8. The summed E-state index contributed by atoms with van der Waals surface area (Å²) >= 11 is 0. The fraction of sp³-hybridized carbons (Fsp3) is 0.647. The Morgan fingerprint density at radius 3 is 2.79 bits per heavy atom. The van der Waals surface area contributed by atoms with E-state index in [0.717, 1.165) is 42.0 Å². The first-order chi connectivity index (χ1) is 11.7. The van der Waals surface area contributed by atoms with Crippen LogP contribution in [0.25, 0.3) is 0 Å². The van der Waals surface area contributed by atoms with Crippen molar-refractivity contribution in [2.45, 2.75) is 45.8 Å². The second kappa shape index (κ2) is 7.70. The predicted molar refractivity (Wildman–Crippen MR) is 91.5 cm³/mol. The third kappa shape index (κ3) is 4.08. The van der Waals surface area contributed by atoms with Crippen LogP contribution in [-0.2, 0) is 24.9 Å². The van der Waals surface area contributed by atoms with Gasteiger partial charge in [0.15, 0.2) is 0 Å². The summed E-state index contributed by atoms with van der Waals surface area (Å²) in [7, 11) is 3.61. The maximum Gasteiger partial charge on any atom is 0.132 e. The number of aryl methyl sites for hydroxylation is 2. The van der Waals surface area contributed by atoms with Crippen molar-refractivity contribution in [2.24, 2.45) is 13.0 Å². The van der Waals surface area contributed by atoms with Crippen molar-refractivity contribution in [2.75, 3.05) is 18.6 Å². The van der Waals surface area contributed by atoms with E-state index in [1.807, 2.05) is 30.9 Å². The van der Waals surface area contributed by atoms with Gasteiger partial charge in [-0.1, -0.05) is 24.5 Å². The number of hydrogen-bond acceptors (Lipinski definition) is 6. The normalized spacial score (nSPS) is 14.6. The van der Waals surface area contributed by atoms with Gasteiger partial charge in [-0.2, -0.15) is 0 Å². The fourth-order valence-corrected chi connectivity index (χ4v) is 3.04. The molecule has 3 rings (SSSR count). The fourth-order valence-electron chi connectivity index (χ4n) is 3.04. The highest BCUT2D eigenvalue weighted by Gasteiger charge is 2.20. The third-order valence-corrected chi connectivity index (χ3v) is 4.69. The van der Waals surface area contributed by atoms with Crippen molar-refractivity contribution in [1.82, 2.24) is 25.0 Å². The number of nitrogens with zero attached hydrogens (tertiary/aromatic N) is 6. The van der Waals surface area contributed by atoms with Crippen LogP contribution >= 0.6 is 0 Å². The van der Waals surface area contributed by atoms with Crippen LogP contribution in [0.2, 0.25) is 0 Å². The Labute approximate surface area is 143 Å². The van der Waals surface area contributed by atoms with Gasteiger partial charge in [-0.3, -0.25) is 4.68 Å². The summed E-state index contributed by atoms with van der Waals surface area (Å²) in [6, 6.07) is 2.03. The average Bonchev–Trinajstić information content (AvgIpc) is 2.89. The van der Waals surface area contributed by atoms with Crippen molar-refractivity contribution >= 4 is 5.82 Å². The number of hydrogen-bond donors (Lipinski definition) is 0. The van der Waals surface area contributed by atoms with E-state index in [4.69, 9.17) is 4.74 Å². The van der Waals surface area contributed by atoms with Crippen LogP contribution in [0, 0.1) is 12.8 Å². The third-order valence-electron chi connectivity index (χ3n) is 4.69. The SMILES string of the molecule is COCc1cc(N(CCC2CCC2)Cc2cnnn2C)nc(C)n1. The van der Waals surface area contributed by atoms with Crippen LogP contribution in [-0.4, -0.2) is 38.6 Å². The van der Waals surface area contributed by atoms with Crippen LogP contribution in [0.1, 0.15) is 42.9 Å². The van der Waals surface area contributed by atoms with Crippen LogP contribution in [0.3, 0.4) is 0 Å². The standard InChI is InChI=1S/C17H26N6O/c1-13-19-15(12-24-3)9-17(20-13)23(8-7-14-5-4-6-14)11-16-10-18-21-22(16)2/h9-10,14H,4-8,11-12H2,1-3H3. The Hall–Kier alpha value is -2.02. The second-order valence-corrected chi connectivity index (χ2v) is 6.55. The van der Waals surface area contributed by atoms with E-state index in [-0.39, 0.29) is 0 Å². The van der Waals surface area contributed by atoms with E-state index in [1.165, 1.54) is 25.7 Å². The Bertz CT molecular complexity index is 667. The van der Waals surface area contributed by atoms with Crippen molar-refractivity contribution < 1.29 is 4.74 Å². The first kappa shape index (κ1) is 16.8. The van der Waals surface area contributed by atoms with Crippen LogP contribution < -0.4 is 4.90 Å². The predicted octanol–water partition coefficient (Wildman–Crippen LogP) is 2.26. The van der Waals surface area contributed by atoms with Gasteiger partial charge in [0.1, 0.15) is 11.6 Å². The van der Waals surface area contributed by atoms with Gasteiger partial charge in [0, 0.05) is 26.8 Å². The molecular formula is C17H26N6O. The summed E-state index contributed by atoms with van der Waals surface area (Å²) in [4.78, 5) is 11.4. The van der Waals surface area contributed by atoms with E-state index in [1.54, 1.807) is 7.11 Å². The summed E-state index contributed by atoms with van der Waals surface area (Å²) in [6.07, 6.45) is 7.12. The van der Waals surface area contributed by atoms with Crippen molar-refractivity contribution in [3.8, 4) is 0 Å². The minimum atomic E-state index is 0.500. The first-order valence-corrected chi connectivity index (χ1v) is 8.57. The summed E-state index contributed by atoms with van der Waals surface area (Å²) < 4.78 is 7.05. The lowest BCUT2D eigenvalue weighted by atomic mass is 9.83. The van der Waals surface area contributed by atoms with Gasteiger partial charge in [0.2, 0.25) is 0 Å². The molecule has 1 aliphatic rings. The minimum absolute atomic E-state index is 0.500. The van der Waals surface area contributed by atoms with Crippen LogP contribution in [0.15, 0.2) is 12.3 Å². The molecule has 1 saturated carbocycles. The molecule has 0 atom stereocenters. The Balaban J connectivity index is 1.80. The van der Waals surface area contributed by atoms with Crippen LogP contribution in [0.5, 0.6) is 0 Å². The average molecular weight is 330 g/mol. The molecule has 2 heterocycles. The van der Waals surface area contributed by atoms with E-state index in [9.17, 15) is 0 Å². The molecule has 0 radical (unpaired) electrons. The molecule has 1 fully saturated rings. The number of methoxy groups -OCH3 is 1. The Kier molecular flexibility index (Phi) is 5.40. The van der Waals surface area contributed by atoms with Crippen molar-refractivity contribution in [1.29, 1.82) is 0 Å². The van der Waals surface area contributed by atoms with Gasteiger partial charge in [0.05, 0.1) is 30.7 Å². The van der Waals surface area contributed by atoms with E-state index < -0.39 is 0 Å². The molecule has 2 aromatic rings. The molecule has 24 heavy (non-hydrogen) atoms. The maximum atomic E-state index is 5.23. The van der Waals surface area contributed by atoms with Gasteiger partial charge in [-0.15, -0.1) is 5.10 Å². The zero-order valence-electron chi connectivity index (χ0n) is 14.8. The zero-order valence-corrected chi connectivity index (χ0v) is 14.8. The smallest absolute Gasteiger partial charge is 0.132 e. The first-order valence-electron chi connectivity index (χ1n) is 8.57. The van der Waals surface area contributed by atoms with Gasteiger partial charge in [-0.25, -0.2) is 9.97 Å². The highest BCUT2D eigenvalue weighted by molar-refractivity contribution is 5.40. The lowest BCUT2D eigenvalue weighted by Crippen LogP contribution is -2.29. The zero-order chi connectivity index (χ0) is 16.9. The second-order valence-electron chi connectivity index (χ2n) is 6.55. The monoisotopic (exact) mass is 330 g/mol. The van der Waals surface area contributed by atoms with Crippen molar-refractivity contribution in [3.05, 3.63) is 29.5 Å². The number of ether oxygens (including phenoxy) is 1. The topological polar surface area (TPSA) is 69.0 Å². The van der Waals surface area contributed by atoms with E-state index >= 15 is 0 Å². The summed E-state index contributed by atoms with van der Waals surface area (Å²) in [6.45, 7) is 4.16. The largest absolute Gasteiger partial charge is 0.378 e. The number of aromatic nitrogens is 5. The highest BCUT2D eigenvalue weighted by atomic mass is 16.5. The van der Waals surface area contributed by atoms with E-state index in [0.29, 0.717) is 6.61 Å². The quantitative estimate of drug-likeness (QED) is 0.739. The molecule has 0 saturated heterocycles. The van der Waals surface area contributed by atoms with Gasteiger partial charge < -0.3 is 9.64 Å². The molecule has 0 unspecified atom stereocenters. The lowest BCUT2D eigenvalue weighted by Gasteiger charge is -2.30. The molecule has 2 aromatic heterocycles. The molecule has 0 spiro atoms. The Morgan fingerprint density at radius 2 is 2.17 bits per heavy atom. The highest BCUT2D eigenvalue weighted by Crippen LogP contribution is 2.30. The minimum Gasteiger partial charge on any atom is -0.378 e. The lowest BCUT2D eigenvalue weighted by molar-refractivity contribution is 0.181. The molecule has 7 nitrogen and oxygen atoms in total. The number of anilines is 1. The molecule has 0 bridgehead atoms. The summed E-state index contributed by atoms with van der Waals surface area (Å²) in [5.74, 6) is 2.59. The van der Waals surface area contributed by atoms with Gasteiger partial charge in [0.25, 0.3) is 0 Å². The van der Waals surface area contributed by atoms with Gasteiger partial charge in [-0.05, 0) is 19.3 Å². The Morgan fingerprint density at radius 1 is 1.33 bits per heavy atom. The molecule has 7 heteroatoms. The molecule has 130 valence electrons. The van der Waals surface area contributed by atoms with Crippen molar-refractivity contribution in [3.63, 3.8) is 0 Å². The summed E-state index contributed by atoms with van der Waals surface area (Å²) in [5, 5.41) is 8.03. The maximum absolute atomic E-state index is 5.23.